The van der Waals surface area contributed by atoms with Crippen molar-refractivity contribution in [3.8, 4) is 0 Å². The van der Waals surface area contributed by atoms with Crippen LogP contribution < -0.4 is 5.32 Å². The highest BCUT2D eigenvalue weighted by atomic mass is 35.5. The van der Waals surface area contributed by atoms with Crippen LogP contribution >= 0.6 is 34.3 Å². The minimum absolute atomic E-state index is 0.282. The van der Waals surface area contributed by atoms with E-state index < -0.39 is 0 Å². The van der Waals surface area contributed by atoms with Crippen molar-refractivity contribution in [1.29, 1.82) is 0 Å². The van der Waals surface area contributed by atoms with Gasteiger partial charge in [-0.1, -0.05) is 37.6 Å². The number of hydrogen-bond donors (Lipinski definition) is 1. The molecule has 1 aromatic carbocycles. The van der Waals surface area contributed by atoms with E-state index in [2.05, 4.69) is 12.2 Å². The van der Waals surface area contributed by atoms with Gasteiger partial charge in [0.25, 0.3) is 5.91 Å². The molecule has 1 aliphatic rings. The van der Waals surface area contributed by atoms with Crippen molar-refractivity contribution >= 4 is 61.2 Å². The highest BCUT2D eigenvalue weighted by molar-refractivity contribution is 7.22. The quantitative estimate of drug-likeness (QED) is 0.422. The molecule has 1 N–H and O–H groups in total. The van der Waals surface area contributed by atoms with Crippen LogP contribution in [0.4, 0.5) is 5.00 Å². The number of carbonyl (C=O) groups excluding carboxylic acids is 2. The summed E-state index contributed by atoms with van der Waals surface area (Å²) in [4.78, 5) is 27.6. The molecule has 0 aliphatic heterocycles. The second kappa shape index (κ2) is 8.69. The summed E-state index contributed by atoms with van der Waals surface area (Å²) < 4.78 is 6.41. The van der Waals surface area contributed by atoms with Crippen molar-refractivity contribution in [3.05, 3.63) is 49.7 Å². The van der Waals surface area contributed by atoms with Crippen LogP contribution in [0.25, 0.3) is 10.1 Å². The largest absolute Gasteiger partial charge is 0.462 e. The lowest BCUT2D eigenvalue weighted by molar-refractivity contribution is 0.0505. The summed E-state index contributed by atoms with van der Waals surface area (Å²) in [5, 5.41) is 4.88. The zero-order valence-corrected chi connectivity index (χ0v) is 19.7. The first-order chi connectivity index (χ1) is 14.4. The summed E-state index contributed by atoms with van der Waals surface area (Å²) >= 11 is 9.39. The molecule has 3 aromatic rings. The lowest BCUT2D eigenvalue weighted by Crippen LogP contribution is -2.16. The van der Waals surface area contributed by atoms with Crippen LogP contribution in [0.2, 0.25) is 5.02 Å². The Morgan fingerprint density at radius 1 is 1.30 bits per heavy atom. The number of hydrogen-bond acceptors (Lipinski definition) is 5. The number of nitrogens with one attached hydrogen (secondary N) is 1. The van der Waals surface area contributed by atoms with Crippen LogP contribution in [-0.2, 0) is 17.6 Å². The van der Waals surface area contributed by atoms with Gasteiger partial charge >= 0.3 is 5.97 Å². The van der Waals surface area contributed by atoms with E-state index in [4.69, 9.17) is 16.3 Å². The average Bonchev–Trinajstić information content (AvgIpc) is 3.22. The van der Waals surface area contributed by atoms with E-state index in [-0.39, 0.29) is 11.9 Å². The van der Waals surface area contributed by atoms with E-state index in [1.54, 1.807) is 0 Å². The summed E-state index contributed by atoms with van der Waals surface area (Å²) in [6.45, 7) is 6.56. The van der Waals surface area contributed by atoms with Gasteiger partial charge in [0, 0.05) is 15.0 Å². The number of ether oxygens (including phenoxy) is 1. The topological polar surface area (TPSA) is 55.4 Å². The molecule has 2 aromatic heterocycles. The minimum atomic E-state index is -0.350. The number of aryl methyl sites for hydroxylation is 1. The van der Waals surface area contributed by atoms with Crippen molar-refractivity contribution in [2.24, 2.45) is 5.92 Å². The number of thiophene rings is 2. The van der Waals surface area contributed by atoms with Gasteiger partial charge in [-0.3, -0.25) is 4.79 Å². The SMILES string of the molecule is CCCOC(=O)c1c(NC(=O)c2sc3cc(C)ccc3c2Cl)sc2c1CCC(C)C2. The Morgan fingerprint density at radius 3 is 2.87 bits per heavy atom. The normalized spacial score (nSPS) is 15.8. The number of amides is 1. The Kier molecular flexibility index (Phi) is 6.19. The smallest absolute Gasteiger partial charge is 0.341 e. The second-order valence-electron chi connectivity index (χ2n) is 7.89. The fourth-order valence-corrected chi connectivity index (χ4v) is 6.70. The zero-order valence-electron chi connectivity index (χ0n) is 17.3. The third-order valence-electron chi connectivity index (χ3n) is 5.37. The van der Waals surface area contributed by atoms with E-state index in [1.165, 1.54) is 27.6 Å². The standard InChI is InChI=1S/C23H24ClNO3S2/c1-4-9-28-23(27)18-14-7-5-12(2)10-16(14)30-22(18)25-21(26)20-19(24)15-8-6-13(3)11-17(15)29-20/h6,8,11-12H,4-5,7,9-10H2,1-3H3,(H,25,26). The van der Waals surface area contributed by atoms with Gasteiger partial charge in [-0.2, -0.15) is 0 Å². The second-order valence-corrected chi connectivity index (χ2v) is 10.4. The first-order valence-electron chi connectivity index (χ1n) is 10.2. The molecule has 1 amide bonds. The summed E-state index contributed by atoms with van der Waals surface area (Å²) in [6.07, 6.45) is 3.55. The molecule has 30 heavy (non-hydrogen) atoms. The Balaban J connectivity index is 1.69. The van der Waals surface area contributed by atoms with Crippen LogP contribution in [-0.4, -0.2) is 18.5 Å². The monoisotopic (exact) mass is 461 g/mol. The van der Waals surface area contributed by atoms with E-state index in [0.717, 1.165) is 46.9 Å². The Bertz CT molecular complexity index is 1130. The van der Waals surface area contributed by atoms with Crippen LogP contribution in [0.5, 0.6) is 0 Å². The molecule has 0 bridgehead atoms. The number of carbonyl (C=O) groups is 2. The molecule has 1 unspecified atom stereocenters. The number of esters is 1. The van der Waals surface area contributed by atoms with E-state index in [0.29, 0.717) is 33.0 Å². The molecular weight excluding hydrogens is 438 g/mol. The molecule has 0 radical (unpaired) electrons. The summed E-state index contributed by atoms with van der Waals surface area (Å²) in [7, 11) is 0. The summed E-state index contributed by atoms with van der Waals surface area (Å²) in [5.41, 5.74) is 2.68. The van der Waals surface area contributed by atoms with E-state index >= 15 is 0 Å². The van der Waals surface area contributed by atoms with Gasteiger partial charge in [-0.25, -0.2) is 4.79 Å². The lowest BCUT2D eigenvalue weighted by Gasteiger charge is -2.18. The van der Waals surface area contributed by atoms with E-state index in [1.807, 2.05) is 32.0 Å². The predicted molar refractivity (Wildman–Crippen MR) is 126 cm³/mol. The molecule has 1 atom stereocenters. The summed E-state index contributed by atoms with van der Waals surface area (Å²) in [6, 6.07) is 5.96. The van der Waals surface area contributed by atoms with Gasteiger partial charge in [0.15, 0.2) is 0 Å². The molecule has 7 heteroatoms. The highest BCUT2D eigenvalue weighted by Gasteiger charge is 2.30. The molecule has 0 saturated carbocycles. The minimum Gasteiger partial charge on any atom is -0.462 e. The first kappa shape index (κ1) is 21.3. The molecule has 4 rings (SSSR count). The van der Waals surface area contributed by atoms with Gasteiger partial charge in [0.05, 0.1) is 17.2 Å². The van der Waals surface area contributed by atoms with Crippen molar-refractivity contribution in [1.82, 2.24) is 0 Å². The molecule has 4 nitrogen and oxygen atoms in total. The third-order valence-corrected chi connectivity index (χ3v) is 8.20. The predicted octanol–water partition coefficient (Wildman–Crippen LogP) is 6.87. The Hall–Kier alpha value is -1.89. The van der Waals surface area contributed by atoms with Crippen molar-refractivity contribution < 1.29 is 14.3 Å². The molecular formula is C23H24ClNO3S2. The average molecular weight is 462 g/mol. The lowest BCUT2D eigenvalue weighted by atomic mass is 9.88. The molecule has 158 valence electrons. The Labute approximate surface area is 189 Å². The number of benzene rings is 1. The third kappa shape index (κ3) is 4.01. The van der Waals surface area contributed by atoms with Gasteiger partial charge in [0.1, 0.15) is 9.88 Å². The van der Waals surface area contributed by atoms with Crippen LogP contribution in [0.3, 0.4) is 0 Å². The number of anilines is 1. The molecule has 0 fully saturated rings. The van der Waals surface area contributed by atoms with Crippen molar-refractivity contribution in [2.75, 3.05) is 11.9 Å². The maximum absolute atomic E-state index is 13.1. The van der Waals surface area contributed by atoms with Gasteiger partial charge in [-0.15, -0.1) is 22.7 Å². The maximum Gasteiger partial charge on any atom is 0.341 e. The zero-order chi connectivity index (χ0) is 21.4. The highest BCUT2D eigenvalue weighted by Crippen LogP contribution is 2.41. The molecule has 1 aliphatic carbocycles. The molecule has 0 spiro atoms. The number of fused-ring (bicyclic) bond motifs is 2. The van der Waals surface area contributed by atoms with Crippen LogP contribution in [0.15, 0.2) is 18.2 Å². The molecule has 2 heterocycles. The van der Waals surface area contributed by atoms with Crippen molar-refractivity contribution in [3.63, 3.8) is 0 Å². The van der Waals surface area contributed by atoms with Gasteiger partial charge < -0.3 is 10.1 Å². The summed E-state index contributed by atoms with van der Waals surface area (Å²) in [5.74, 6) is -0.0631. The first-order valence-corrected chi connectivity index (χ1v) is 12.2. The maximum atomic E-state index is 13.1. The molecule has 0 saturated heterocycles. The fraction of sp³-hybridized carbons (Fsp3) is 0.391. The van der Waals surface area contributed by atoms with E-state index in [9.17, 15) is 9.59 Å². The number of halogens is 1. The van der Waals surface area contributed by atoms with Crippen LogP contribution in [0, 0.1) is 12.8 Å². The Morgan fingerprint density at radius 2 is 2.10 bits per heavy atom. The van der Waals surface area contributed by atoms with Crippen LogP contribution in [0.1, 0.15) is 62.7 Å². The fourth-order valence-electron chi connectivity index (χ4n) is 3.80. The van der Waals surface area contributed by atoms with Crippen molar-refractivity contribution in [2.45, 2.75) is 46.5 Å². The van der Waals surface area contributed by atoms with Gasteiger partial charge in [0.2, 0.25) is 0 Å². The number of rotatable bonds is 5. The van der Waals surface area contributed by atoms with Gasteiger partial charge in [-0.05, 0) is 55.7 Å².